The van der Waals surface area contributed by atoms with Gasteiger partial charge in [0.15, 0.2) is 9.84 Å². The van der Waals surface area contributed by atoms with E-state index in [9.17, 15) is 18.0 Å². The smallest absolute Gasteiger partial charge is 0.410 e. The van der Waals surface area contributed by atoms with Crippen molar-refractivity contribution < 1.29 is 22.7 Å². The lowest BCUT2D eigenvalue weighted by atomic mass is 10.1. The van der Waals surface area contributed by atoms with Crippen molar-refractivity contribution >= 4 is 21.8 Å². The van der Waals surface area contributed by atoms with Gasteiger partial charge >= 0.3 is 6.09 Å². The van der Waals surface area contributed by atoms with Crippen LogP contribution in [0.25, 0.3) is 0 Å². The Hall–Kier alpha value is -2.09. The minimum absolute atomic E-state index is 0.00855. The van der Waals surface area contributed by atoms with Crippen LogP contribution < -0.4 is 0 Å². The second-order valence-electron chi connectivity index (χ2n) is 7.19. The van der Waals surface area contributed by atoms with E-state index >= 15 is 0 Å². The van der Waals surface area contributed by atoms with Gasteiger partial charge in [0, 0.05) is 25.8 Å². The van der Waals surface area contributed by atoms with Crippen LogP contribution in [0.2, 0.25) is 0 Å². The molecule has 8 heteroatoms. The van der Waals surface area contributed by atoms with E-state index in [1.165, 1.54) is 6.26 Å². The van der Waals surface area contributed by atoms with Gasteiger partial charge < -0.3 is 14.5 Å². The second kappa shape index (κ2) is 6.90. The third kappa shape index (κ3) is 3.70. The van der Waals surface area contributed by atoms with Crippen LogP contribution in [0, 0.1) is 0 Å². The minimum atomic E-state index is -3.24. The molecule has 2 aliphatic rings. The van der Waals surface area contributed by atoms with E-state index in [0.29, 0.717) is 19.5 Å². The zero-order valence-corrected chi connectivity index (χ0v) is 16.0. The summed E-state index contributed by atoms with van der Waals surface area (Å²) in [5, 5.41) is 0. The van der Waals surface area contributed by atoms with Crippen molar-refractivity contribution in [3.63, 3.8) is 0 Å². The lowest BCUT2D eigenvalue weighted by molar-refractivity contribution is -0.129. The zero-order chi connectivity index (χ0) is 19.1. The number of hydrogen-bond acceptors (Lipinski definition) is 5. The van der Waals surface area contributed by atoms with E-state index < -0.39 is 9.84 Å². The van der Waals surface area contributed by atoms with Crippen molar-refractivity contribution in [3.05, 3.63) is 29.8 Å². The number of amides is 2. The van der Waals surface area contributed by atoms with Gasteiger partial charge in [-0.25, -0.2) is 13.2 Å². The molecular weight excluding hydrogens is 356 g/mol. The molecule has 0 bridgehead atoms. The van der Waals surface area contributed by atoms with Crippen LogP contribution in [0.4, 0.5) is 4.79 Å². The Balaban J connectivity index is 1.71. The van der Waals surface area contributed by atoms with E-state index in [-0.39, 0.29) is 35.1 Å². The number of fused-ring (bicyclic) bond motifs is 1. The van der Waals surface area contributed by atoms with Gasteiger partial charge in [-0.3, -0.25) is 4.79 Å². The number of ether oxygens (including phenoxy) is 1. The average Bonchev–Trinajstić information content (AvgIpc) is 3.06. The molecule has 2 saturated heterocycles. The van der Waals surface area contributed by atoms with Crippen LogP contribution in [0.5, 0.6) is 0 Å². The number of likely N-dealkylation sites (tertiary alicyclic amines) is 2. The first-order chi connectivity index (χ1) is 12.2. The van der Waals surface area contributed by atoms with Crippen molar-refractivity contribution in [2.75, 3.05) is 12.8 Å². The maximum Gasteiger partial charge on any atom is 0.410 e. The fourth-order valence-electron chi connectivity index (χ4n) is 3.67. The van der Waals surface area contributed by atoms with Gasteiger partial charge in [0.05, 0.1) is 23.1 Å². The number of carbonyl (C=O) groups is 2. The molecule has 0 spiro atoms. The predicted molar refractivity (Wildman–Crippen MR) is 95.2 cm³/mol. The second-order valence-corrected chi connectivity index (χ2v) is 9.21. The van der Waals surface area contributed by atoms with Crippen molar-refractivity contribution in [1.29, 1.82) is 0 Å². The van der Waals surface area contributed by atoms with Crippen LogP contribution >= 0.6 is 0 Å². The van der Waals surface area contributed by atoms with Gasteiger partial charge in [-0.2, -0.15) is 0 Å². The molecule has 2 amide bonds. The molecule has 26 heavy (non-hydrogen) atoms. The molecule has 0 radical (unpaired) electrons. The number of carbonyl (C=O) groups excluding carboxylic acids is 2. The van der Waals surface area contributed by atoms with E-state index in [4.69, 9.17) is 4.74 Å². The number of benzene rings is 1. The highest BCUT2D eigenvalue weighted by molar-refractivity contribution is 7.90. The molecule has 0 N–H and O–H groups in total. The molecule has 0 aromatic heterocycles. The minimum Gasteiger partial charge on any atom is -0.447 e. The van der Waals surface area contributed by atoms with Gasteiger partial charge in [-0.1, -0.05) is 12.1 Å². The molecular formula is C18H24N2O5S. The summed E-state index contributed by atoms with van der Waals surface area (Å²) >= 11 is 0. The normalized spacial score (nSPS) is 22.8. The fourth-order valence-corrected chi connectivity index (χ4v) is 4.30. The van der Waals surface area contributed by atoms with E-state index in [0.717, 1.165) is 12.0 Å². The zero-order valence-electron chi connectivity index (χ0n) is 15.2. The van der Waals surface area contributed by atoms with Gasteiger partial charge in [0.1, 0.15) is 0 Å². The summed E-state index contributed by atoms with van der Waals surface area (Å²) in [6, 6.07) is 6.42. The molecule has 1 aromatic rings. The molecule has 2 heterocycles. The summed E-state index contributed by atoms with van der Waals surface area (Å²) in [7, 11) is -3.24. The van der Waals surface area contributed by atoms with Crippen molar-refractivity contribution in [1.82, 2.24) is 9.80 Å². The van der Waals surface area contributed by atoms with Gasteiger partial charge in [0.2, 0.25) is 5.91 Å². The highest BCUT2D eigenvalue weighted by atomic mass is 32.2. The Bertz CT molecular complexity index is 803. The number of nitrogens with zero attached hydrogens (tertiary/aromatic N) is 2. The average molecular weight is 380 g/mol. The largest absolute Gasteiger partial charge is 0.447 e. The highest BCUT2D eigenvalue weighted by Gasteiger charge is 2.48. The number of hydrogen-bond donors (Lipinski definition) is 0. The first-order valence-electron chi connectivity index (χ1n) is 8.72. The molecule has 142 valence electrons. The summed E-state index contributed by atoms with van der Waals surface area (Å²) < 4.78 is 28.4. The first-order valence-corrected chi connectivity index (χ1v) is 10.6. The molecule has 1 aromatic carbocycles. The summed E-state index contributed by atoms with van der Waals surface area (Å²) in [6.45, 7) is 4.60. The SMILES string of the molecule is CC(C)OC(=O)N1CC[C@H]2[C@@H]1CC(=O)N2Cc1ccc(S(C)(=O)=O)cc1. The monoisotopic (exact) mass is 380 g/mol. The highest BCUT2D eigenvalue weighted by Crippen LogP contribution is 2.34. The van der Waals surface area contributed by atoms with E-state index in [1.807, 2.05) is 0 Å². The Labute approximate surface area is 153 Å². The third-order valence-electron chi connectivity index (χ3n) is 4.89. The summed E-state index contributed by atoms with van der Waals surface area (Å²) in [4.78, 5) is 28.4. The van der Waals surface area contributed by atoms with Crippen molar-refractivity contribution in [2.24, 2.45) is 0 Å². The molecule has 2 atom stereocenters. The Kier molecular flexibility index (Phi) is 4.96. The quantitative estimate of drug-likeness (QED) is 0.795. The Morgan fingerprint density at radius 1 is 1.23 bits per heavy atom. The van der Waals surface area contributed by atoms with Gasteiger partial charge in [-0.15, -0.1) is 0 Å². The van der Waals surface area contributed by atoms with E-state index in [2.05, 4.69) is 0 Å². The number of rotatable bonds is 4. The van der Waals surface area contributed by atoms with Crippen LogP contribution in [0.3, 0.4) is 0 Å². The maximum absolute atomic E-state index is 12.5. The predicted octanol–water partition coefficient (Wildman–Crippen LogP) is 1.81. The van der Waals surface area contributed by atoms with Crippen LogP contribution in [-0.2, 0) is 25.9 Å². The van der Waals surface area contributed by atoms with Crippen LogP contribution in [0.15, 0.2) is 29.2 Å². The van der Waals surface area contributed by atoms with E-state index in [1.54, 1.807) is 47.9 Å². The first kappa shape index (κ1) is 18.7. The Morgan fingerprint density at radius 2 is 1.88 bits per heavy atom. The molecule has 0 unspecified atom stereocenters. The standard InChI is InChI=1S/C18H24N2O5S/c1-12(2)25-18(22)19-9-8-15-16(19)10-17(21)20(15)11-13-4-6-14(7-5-13)26(3,23)24/h4-7,12,15-16H,8-11H2,1-3H3/t15-,16-/m0/s1. The van der Waals surface area contributed by atoms with Crippen molar-refractivity contribution in [3.8, 4) is 0 Å². The summed E-state index contributed by atoms with van der Waals surface area (Å²) in [5.41, 5.74) is 0.870. The Morgan fingerprint density at radius 3 is 2.46 bits per heavy atom. The lowest BCUT2D eigenvalue weighted by Gasteiger charge is -2.25. The molecule has 7 nitrogen and oxygen atoms in total. The van der Waals surface area contributed by atoms with Crippen LogP contribution in [-0.4, -0.2) is 61.2 Å². The van der Waals surface area contributed by atoms with Crippen molar-refractivity contribution in [2.45, 2.75) is 56.3 Å². The lowest BCUT2D eigenvalue weighted by Crippen LogP contribution is -2.40. The number of sulfone groups is 1. The molecule has 0 aliphatic carbocycles. The molecule has 0 saturated carbocycles. The third-order valence-corrected chi connectivity index (χ3v) is 6.02. The van der Waals surface area contributed by atoms with Crippen LogP contribution in [0.1, 0.15) is 32.3 Å². The van der Waals surface area contributed by atoms with Gasteiger partial charge in [0.25, 0.3) is 0 Å². The summed E-state index contributed by atoms with van der Waals surface area (Å²) in [5.74, 6) is 0.00855. The van der Waals surface area contributed by atoms with Gasteiger partial charge in [-0.05, 0) is 38.0 Å². The fraction of sp³-hybridized carbons (Fsp3) is 0.556. The molecule has 2 aliphatic heterocycles. The summed E-state index contributed by atoms with van der Waals surface area (Å²) in [6.07, 6.45) is 1.65. The maximum atomic E-state index is 12.5. The topological polar surface area (TPSA) is 84.0 Å². The molecule has 2 fully saturated rings. The molecule has 3 rings (SSSR count).